The van der Waals surface area contributed by atoms with E-state index in [-0.39, 0.29) is 16.8 Å². The van der Waals surface area contributed by atoms with E-state index in [0.29, 0.717) is 0 Å². The van der Waals surface area contributed by atoms with Gasteiger partial charge in [-0.05, 0) is 41.9 Å². The average Bonchev–Trinajstić information content (AvgIpc) is 2.33. The number of hydrogen-bond donors (Lipinski definition) is 0. The molecule has 0 aliphatic carbocycles. The van der Waals surface area contributed by atoms with Crippen molar-refractivity contribution in [2.75, 3.05) is 6.61 Å². The number of hydrogen-bond acceptors (Lipinski definition) is 3. The summed E-state index contributed by atoms with van der Waals surface area (Å²) in [6.07, 6.45) is 0. The molecule has 0 saturated heterocycles. The summed E-state index contributed by atoms with van der Waals surface area (Å²) >= 11 is 2.95. The number of carbonyl (C=O) groups is 1. The Morgan fingerprint density at radius 2 is 1.89 bits per heavy atom. The van der Waals surface area contributed by atoms with Gasteiger partial charge in [-0.1, -0.05) is 6.07 Å². The van der Waals surface area contributed by atoms with Crippen LogP contribution in [0.2, 0.25) is 0 Å². The molecule has 18 heavy (non-hydrogen) atoms. The molecule has 0 atom stereocenters. The van der Waals surface area contributed by atoms with E-state index in [0.717, 1.165) is 12.1 Å². The van der Waals surface area contributed by atoms with Crippen molar-refractivity contribution >= 4 is 21.9 Å². The van der Waals surface area contributed by atoms with E-state index in [2.05, 4.69) is 15.9 Å². The molecule has 0 amide bonds. The third-order valence-corrected chi connectivity index (χ3v) is 2.82. The number of rotatable bonds is 4. The van der Waals surface area contributed by atoms with Crippen LogP contribution in [0.3, 0.4) is 0 Å². The third kappa shape index (κ3) is 3.53. The Labute approximate surface area is 112 Å². The number of carbonyl (C=O) groups excluding carboxylic acids is 1. The van der Waals surface area contributed by atoms with Gasteiger partial charge in [-0.25, -0.2) is 13.6 Å². The Balaban J connectivity index is 2.96. The number of ether oxygens (including phenoxy) is 2. The van der Waals surface area contributed by atoms with Crippen LogP contribution in [0.15, 0.2) is 28.4 Å². The highest BCUT2D eigenvalue weighted by molar-refractivity contribution is 9.12. The number of allylic oxidation sites excluding steroid dienone is 1. The molecule has 0 aliphatic rings. The Morgan fingerprint density at radius 1 is 1.33 bits per heavy atom. The van der Waals surface area contributed by atoms with Gasteiger partial charge in [-0.15, -0.1) is 0 Å². The summed E-state index contributed by atoms with van der Waals surface area (Å²) in [7, 11) is 0. The van der Waals surface area contributed by atoms with Crippen molar-refractivity contribution in [1.82, 2.24) is 0 Å². The molecule has 0 aliphatic heterocycles. The molecule has 0 spiro atoms. The zero-order chi connectivity index (χ0) is 13.7. The van der Waals surface area contributed by atoms with Gasteiger partial charge < -0.3 is 9.47 Å². The molecular weight excluding hydrogens is 310 g/mol. The zero-order valence-electron chi connectivity index (χ0n) is 9.80. The highest BCUT2D eigenvalue weighted by Crippen LogP contribution is 2.25. The lowest BCUT2D eigenvalue weighted by Crippen LogP contribution is -2.08. The molecular formula is C12H11BrF2O3. The van der Waals surface area contributed by atoms with Crippen molar-refractivity contribution in [1.29, 1.82) is 0 Å². The van der Waals surface area contributed by atoms with E-state index in [1.54, 1.807) is 6.92 Å². The molecule has 98 valence electrons. The zero-order valence-corrected chi connectivity index (χ0v) is 11.4. The van der Waals surface area contributed by atoms with Crippen LogP contribution in [0.4, 0.5) is 8.78 Å². The van der Waals surface area contributed by atoms with E-state index < -0.39 is 23.4 Å². The molecule has 0 fully saturated rings. The number of benzene rings is 1. The minimum Gasteiger partial charge on any atom is -0.462 e. The summed E-state index contributed by atoms with van der Waals surface area (Å²) in [6, 6.07) is 3.34. The van der Waals surface area contributed by atoms with Gasteiger partial charge in [0, 0.05) is 0 Å². The molecule has 0 heterocycles. The summed E-state index contributed by atoms with van der Waals surface area (Å²) < 4.78 is 36.3. The molecule has 6 heteroatoms. The summed E-state index contributed by atoms with van der Waals surface area (Å²) in [5.74, 6) is -2.91. The smallest absolute Gasteiger partial charge is 0.348 e. The highest BCUT2D eigenvalue weighted by atomic mass is 79.9. The second-order valence-electron chi connectivity index (χ2n) is 3.24. The fourth-order valence-corrected chi connectivity index (χ4v) is 1.31. The number of halogens is 3. The minimum absolute atomic E-state index is 0.0115. The second kappa shape index (κ2) is 6.49. The molecule has 0 aromatic heterocycles. The Bertz CT molecular complexity index is 466. The summed E-state index contributed by atoms with van der Waals surface area (Å²) in [4.78, 5) is 11.4. The molecule has 0 unspecified atom stereocenters. The molecule has 0 N–H and O–H groups in total. The van der Waals surface area contributed by atoms with Gasteiger partial charge >= 0.3 is 5.97 Å². The van der Waals surface area contributed by atoms with Crippen molar-refractivity contribution in [3.63, 3.8) is 0 Å². The Kier molecular flexibility index (Phi) is 5.27. The van der Waals surface area contributed by atoms with Crippen LogP contribution < -0.4 is 4.74 Å². The Hall–Kier alpha value is -1.43. The fraction of sp³-hybridized carbons (Fsp3) is 0.250. The van der Waals surface area contributed by atoms with E-state index in [1.807, 2.05) is 0 Å². The largest absolute Gasteiger partial charge is 0.462 e. The summed E-state index contributed by atoms with van der Waals surface area (Å²) in [5, 5.41) is 0. The van der Waals surface area contributed by atoms with Gasteiger partial charge in [-0.2, -0.15) is 0 Å². The SMILES string of the molecule is CCOC(=O)C(Br)=C(C)Oc1c(F)cccc1F. The maximum atomic E-state index is 13.3. The summed E-state index contributed by atoms with van der Waals surface area (Å²) in [5.41, 5.74) is 0. The van der Waals surface area contributed by atoms with Gasteiger partial charge in [0.1, 0.15) is 10.2 Å². The third-order valence-electron chi connectivity index (χ3n) is 1.94. The van der Waals surface area contributed by atoms with Crippen molar-refractivity contribution in [3.8, 4) is 5.75 Å². The molecule has 0 bridgehead atoms. The standard InChI is InChI=1S/C12H11BrF2O3/c1-3-17-12(16)10(13)7(2)18-11-8(14)5-4-6-9(11)15/h4-6H,3H2,1-2H3. The van der Waals surface area contributed by atoms with E-state index >= 15 is 0 Å². The number of esters is 1. The van der Waals surface area contributed by atoms with E-state index in [1.165, 1.54) is 13.0 Å². The van der Waals surface area contributed by atoms with Crippen LogP contribution >= 0.6 is 15.9 Å². The highest BCUT2D eigenvalue weighted by Gasteiger charge is 2.16. The van der Waals surface area contributed by atoms with Crippen LogP contribution in [0.1, 0.15) is 13.8 Å². The van der Waals surface area contributed by atoms with Crippen molar-refractivity contribution in [2.45, 2.75) is 13.8 Å². The van der Waals surface area contributed by atoms with Crippen LogP contribution in [-0.4, -0.2) is 12.6 Å². The monoisotopic (exact) mass is 320 g/mol. The molecule has 0 saturated carbocycles. The quantitative estimate of drug-likeness (QED) is 0.483. The van der Waals surface area contributed by atoms with E-state index in [9.17, 15) is 13.6 Å². The van der Waals surface area contributed by atoms with Crippen LogP contribution in [0.5, 0.6) is 5.75 Å². The minimum atomic E-state index is -0.849. The van der Waals surface area contributed by atoms with E-state index in [4.69, 9.17) is 9.47 Å². The lowest BCUT2D eigenvalue weighted by atomic mass is 10.3. The lowest BCUT2D eigenvalue weighted by molar-refractivity contribution is -0.137. The van der Waals surface area contributed by atoms with Crippen molar-refractivity contribution in [2.24, 2.45) is 0 Å². The normalized spacial score (nSPS) is 11.8. The first-order valence-corrected chi connectivity index (χ1v) is 5.92. The topological polar surface area (TPSA) is 35.5 Å². The maximum absolute atomic E-state index is 13.3. The first-order valence-electron chi connectivity index (χ1n) is 5.12. The average molecular weight is 321 g/mol. The fourth-order valence-electron chi connectivity index (χ4n) is 1.12. The maximum Gasteiger partial charge on any atom is 0.348 e. The van der Waals surface area contributed by atoms with Crippen molar-refractivity contribution in [3.05, 3.63) is 40.1 Å². The van der Waals surface area contributed by atoms with Gasteiger partial charge in [0.15, 0.2) is 17.4 Å². The number of para-hydroxylation sites is 1. The first kappa shape index (κ1) is 14.6. The molecule has 1 rings (SSSR count). The molecule has 3 nitrogen and oxygen atoms in total. The van der Waals surface area contributed by atoms with Gasteiger partial charge in [0.25, 0.3) is 0 Å². The first-order chi connectivity index (χ1) is 8.47. The molecule has 1 aromatic carbocycles. The van der Waals surface area contributed by atoms with Crippen molar-refractivity contribution < 1.29 is 23.0 Å². The molecule has 0 radical (unpaired) electrons. The predicted octanol–water partition coefficient (Wildman–Crippen LogP) is 3.53. The summed E-state index contributed by atoms with van der Waals surface area (Å²) in [6.45, 7) is 3.23. The van der Waals surface area contributed by atoms with Crippen LogP contribution in [-0.2, 0) is 9.53 Å². The lowest BCUT2D eigenvalue weighted by Gasteiger charge is -2.09. The second-order valence-corrected chi connectivity index (χ2v) is 4.04. The predicted molar refractivity (Wildman–Crippen MR) is 65.2 cm³/mol. The van der Waals surface area contributed by atoms with Gasteiger partial charge in [-0.3, -0.25) is 0 Å². The van der Waals surface area contributed by atoms with Gasteiger partial charge in [0.2, 0.25) is 0 Å². The van der Waals surface area contributed by atoms with Gasteiger partial charge in [0.05, 0.1) is 6.61 Å². The van der Waals surface area contributed by atoms with Crippen LogP contribution in [0.25, 0.3) is 0 Å². The van der Waals surface area contributed by atoms with Crippen LogP contribution in [0, 0.1) is 11.6 Å². The molecule has 1 aromatic rings. The Morgan fingerprint density at radius 3 is 2.39 bits per heavy atom.